The molecule has 210 valence electrons. The molecule has 0 heterocycles. The highest BCUT2D eigenvalue weighted by atomic mass is 15.1. The van der Waals surface area contributed by atoms with Crippen molar-refractivity contribution in [3.63, 3.8) is 0 Å². The van der Waals surface area contributed by atoms with Gasteiger partial charge in [0, 0.05) is 22.5 Å². The van der Waals surface area contributed by atoms with Crippen molar-refractivity contribution >= 4 is 50.8 Å². The van der Waals surface area contributed by atoms with Gasteiger partial charge >= 0.3 is 0 Å². The summed E-state index contributed by atoms with van der Waals surface area (Å²) >= 11 is 0. The Balaban J connectivity index is 1.05. The van der Waals surface area contributed by atoms with E-state index >= 15 is 0 Å². The molecule has 1 heteroatoms. The van der Waals surface area contributed by atoms with Gasteiger partial charge in [-0.25, -0.2) is 0 Å². The van der Waals surface area contributed by atoms with Gasteiger partial charge in [0.25, 0.3) is 0 Å². The second-order valence-electron chi connectivity index (χ2n) is 12.3. The SMILES string of the molecule is CC1(C)c2cccc3ccc4cc(-c5ccc(/C=C/c6ccc(N(c7ccccc7)c7ccccc7)cc6)cc5)cc1c4c23. The van der Waals surface area contributed by atoms with Gasteiger partial charge in [-0.3, -0.25) is 0 Å². The number of hydrogen-bond acceptors (Lipinski definition) is 1. The van der Waals surface area contributed by atoms with Crippen molar-refractivity contribution in [2.24, 2.45) is 0 Å². The molecule has 8 rings (SSSR count). The van der Waals surface area contributed by atoms with E-state index in [2.05, 4.69) is 183 Å². The fourth-order valence-electron chi connectivity index (χ4n) is 6.88. The van der Waals surface area contributed by atoms with Crippen LogP contribution >= 0.6 is 0 Å². The van der Waals surface area contributed by atoms with Crippen molar-refractivity contribution in [3.05, 3.63) is 174 Å². The number of rotatable bonds is 6. The Bertz CT molecular complexity index is 2110. The van der Waals surface area contributed by atoms with Crippen LogP contribution in [0.1, 0.15) is 36.1 Å². The molecule has 0 fully saturated rings. The van der Waals surface area contributed by atoms with Crippen LogP contribution in [0.4, 0.5) is 17.1 Å². The highest BCUT2D eigenvalue weighted by Crippen LogP contribution is 2.49. The second kappa shape index (κ2) is 10.4. The summed E-state index contributed by atoms with van der Waals surface area (Å²) in [5.74, 6) is 0. The first-order chi connectivity index (χ1) is 21.6. The third-order valence-electron chi connectivity index (χ3n) is 9.20. The quantitative estimate of drug-likeness (QED) is 0.144. The Kier molecular flexibility index (Phi) is 6.20. The smallest absolute Gasteiger partial charge is 0.0462 e. The zero-order valence-corrected chi connectivity index (χ0v) is 25.0. The predicted octanol–water partition coefficient (Wildman–Crippen LogP) is 11.9. The summed E-state index contributed by atoms with van der Waals surface area (Å²) in [6, 6.07) is 54.8. The molecule has 0 aromatic heterocycles. The van der Waals surface area contributed by atoms with Gasteiger partial charge in [0.05, 0.1) is 0 Å². The maximum absolute atomic E-state index is 2.42. The van der Waals surface area contributed by atoms with Crippen molar-refractivity contribution < 1.29 is 0 Å². The van der Waals surface area contributed by atoms with Crippen LogP contribution in [0.25, 0.3) is 44.8 Å². The zero-order chi connectivity index (χ0) is 29.7. The fourth-order valence-corrected chi connectivity index (χ4v) is 6.88. The van der Waals surface area contributed by atoms with Gasteiger partial charge < -0.3 is 4.90 Å². The van der Waals surface area contributed by atoms with Gasteiger partial charge in [-0.2, -0.15) is 0 Å². The van der Waals surface area contributed by atoms with Gasteiger partial charge in [-0.1, -0.05) is 129 Å². The Morgan fingerprint density at radius 1 is 0.432 bits per heavy atom. The number of hydrogen-bond donors (Lipinski definition) is 0. The minimum absolute atomic E-state index is 0.00505. The first kappa shape index (κ1) is 26.2. The molecule has 0 radical (unpaired) electrons. The lowest BCUT2D eigenvalue weighted by Crippen LogP contribution is -2.15. The summed E-state index contributed by atoms with van der Waals surface area (Å²) in [5.41, 5.74) is 11.2. The molecule has 7 aromatic rings. The average molecular weight is 564 g/mol. The summed E-state index contributed by atoms with van der Waals surface area (Å²) in [6.07, 6.45) is 4.39. The van der Waals surface area contributed by atoms with E-state index in [0.717, 1.165) is 17.1 Å². The summed E-state index contributed by atoms with van der Waals surface area (Å²) in [6.45, 7) is 4.73. The monoisotopic (exact) mass is 563 g/mol. The highest BCUT2D eigenvalue weighted by molar-refractivity contribution is 6.15. The van der Waals surface area contributed by atoms with Gasteiger partial charge in [0.15, 0.2) is 0 Å². The van der Waals surface area contributed by atoms with E-state index < -0.39 is 0 Å². The van der Waals surface area contributed by atoms with Crippen LogP contribution in [0.15, 0.2) is 152 Å². The molecule has 0 amide bonds. The minimum atomic E-state index is -0.00505. The lowest BCUT2D eigenvalue weighted by Gasteiger charge is -2.25. The molecule has 0 saturated heterocycles. The molecular weight excluding hydrogens is 530 g/mol. The fraction of sp³-hybridized carbons (Fsp3) is 0.0698. The van der Waals surface area contributed by atoms with Crippen LogP contribution in [0.2, 0.25) is 0 Å². The second-order valence-corrected chi connectivity index (χ2v) is 12.3. The summed E-state index contributed by atoms with van der Waals surface area (Å²) in [7, 11) is 0. The van der Waals surface area contributed by atoms with E-state index in [1.807, 2.05) is 0 Å². The van der Waals surface area contributed by atoms with Crippen molar-refractivity contribution in [1.82, 2.24) is 0 Å². The standard InChI is InChI=1S/C43H33N/c1-43(2)39-15-9-10-33-24-25-34-28-35(29-40(43)42(34)41(33)39)32-22-18-30(19-23-32)16-17-31-20-26-38(27-21-31)44(36-11-5-3-6-12-36)37-13-7-4-8-14-37/h3-29H,1-2H3/b17-16+. The molecule has 44 heavy (non-hydrogen) atoms. The van der Waals surface area contributed by atoms with Crippen LogP contribution in [0, 0.1) is 0 Å². The molecule has 0 spiro atoms. The van der Waals surface area contributed by atoms with E-state index in [0.29, 0.717) is 0 Å². The molecule has 7 aromatic carbocycles. The molecule has 0 saturated carbocycles. The topological polar surface area (TPSA) is 3.24 Å². The van der Waals surface area contributed by atoms with Crippen molar-refractivity contribution in [3.8, 4) is 11.1 Å². The molecule has 0 unspecified atom stereocenters. The number of para-hydroxylation sites is 2. The normalized spacial score (nSPS) is 13.3. The van der Waals surface area contributed by atoms with Crippen LogP contribution in [0.5, 0.6) is 0 Å². The van der Waals surface area contributed by atoms with Crippen molar-refractivity contribution in [2.75, 3.05) is 4.90 Å². The summed E-state index contributed by atoms with van der Waals surface area (Å²) < 4.78 is 0. The van der Waals surface area contributed by atoms with Gasteiger partial charge in [0.2, 0.25) is 0 Å². The molecule has 0 bridgehead atoms. The Morgan fingerprint density at radius 2 is 0.977 bits per heavy atom. The lowest BCUT2D eigenvalue weighted by molar-refractivity contribution is 0.663. The molecule has 1 aliphatic carbocycles. The van der Waals surface area contributed by atoms with E-state index in [1.54, 1.807) is 0 Å². The number of nitrogens with zero attached hydrogens (tertiary/aromatic N) is 1. The zero-order valence-electron chi connectivity index (χ0n) is 25.0. The Hall–Kier alpha value is -5.40. The van der Waals surface area contributed by atoms with Gasteiger partial charge in [-0.05, 0) is 103 Å². The predicted molar refractivity (Wildman–Crippen MR) is 189 cm³/mol. The van der Waals surface area contributed by atoms with E-state index in [-0.39, 0.29) is 5.41 Å². The third kappa shape index (κ3) is 4.41. The molecule has 1 aliphatic rings. The highest BCUT2D eigenvalue weighted by Gasteiger charge is 2.34. The number of anilines is 3. The minimum Gasteiger partial charge on any atom is -0.311 e. The van der Waals surface area contributed by atoms with E-state index in [1.165, 1.54) is 54.9 Å². The van der Waals surface area contributed by atoms with Crippen molar-refractivity contribution in [1.29, 1.82) is 0 Å². The lowest BCUT2D eigenvalue weighted by atomic mass is 9.81. The van der Waals surface area contributed by atoms with Crippen LogP contribution in [-0.2, 0) is 5.41 Å². The Morgan fingerprint density at radius 3 is 1.61 bits per heavy atom. The number of benzene rings is 7. The van der Waals surface area contributed by atoms with Crippen LogP contribution in [-0.4, -0.2) is 0 Å². The maximum Gasteiger partial charge on any atom is 0.0462 e. The van der Waals surface area contributed by atoms with Crippen LogP contribution < -0.4 is 4.90 Å². The van der Waals surface area contributed by atoms with Crippen molar-refractivity contribution in [2.45, 2.75) is 19.3 Å². The molecule has 0 aliphatic heterocycles. The van der Waals surface area contributed by atoms with Crippen LogP contribution in [0.3, 0.4) is 0 Å². The van der Waals surface area contributed by atoms with E-state index in [9.17, 15) is 0 Å². The average Bonchev–Trinajstić information content (AvgIpc) is 3.31. The first-order valence-corrected chi connectivity index (χ1v) is 15.4. The Labute approximate surface area is 259 Å². The molecule has 1 nitrogen and oxygen atoms in total. The van der Waals surface area contributed by atoms with E-state index in [4.69, 9.17) is 0 Å². The summed E-state index contributed by atoms with van der Waals surface area (Å²) in [5, 5.41) is 5.52. The molecule has 0 N–H and O–H groups in total. The largest absolute Gasteiger partial charge is 0.311 e. The first-order valence-electron chi connectivity index (χ1n) is 15.4. The third-order valence-corrected chi connectivity index (χ3v) is 9.20. The van der Waals surface area contributed by atoms with Gasteiger partial charge in [0.1, 0.15) is 0 Å². The molecular formula is C43H33N. The summed E-state index contributed by atoms with van der Waals surface area (Å²) in [4.78, 5) is 2.29. The maximum atomic E-state index is 2.42. The molecule has 0 atom stereocenters. The van der Waals surface area contributed by atoms with Gasteiger partial charge in [-0.15, -0.1) is 0 Å².